The molecular weight excluding hydrogens is 390 g/mol. The number of carbonyl (C=O) groups is 1. The summed E-state index contributed by atoms with van der Waals surface area (Å²) >= 11 is 0. The number of nitrogens with one attached hydrogen (secondary N) is 2. The zero-order chi connectivity index (χ0) is 21.8. The normalized spacial score (nSPS) is 16.7. The van der Waals surface area contributed by atoms with Gasteiger partial charge >= 0.3 is 6.09 Å². The first-order valence-electron chi connectivity index (χ1n) is 10.7. The molecule has 1 aliphatic heterocycles. The molecule has 162 valence electrons. The molecular formula is C24H29N5O2. The molecule has 0 spiro atoms. The van der Waals surface area contributed by atoms with Crippen LogP contribution in [0.2, 0.25) is 0 Å². The number of hydrogen-bond acceptors (Lipinski definition) is 6. The number of aromatic nitrogens is 2. The van der Waals surface area contributed by atoms with E-state index < -0.39 is 5.60 Å². The maximum Gasteiger partial charge on any atom is 0.407 e. The van der Waals surface area contributed by atoms with Gasteiger partial charge in [-0.15, -0.1) is 0 Å². The topological polar surface area (TPSA) is 79.4 Å². The number of fused-ring (bicyclic) bond motifs is 1. The number of pyridine rings is 2. The van der Waals surface area contributed by atoms with Gasteiger partial charge < -0.3 is 20.3 Å². The summed E-state index contributed by atoms with van der Waals surface area (Å²) in [5.41, 5.74) is 1.51. The van der Waals surface area contributed by atoms with Crippen molar-refractivity contribution >= 4 is 34.3 Å². The third kappa shape index (κ3) is 5.63. The second-order valence-electron chi connectivity index (χ2n) is 8.84. The highest BCUT2D eigenvalue weighted by atomic mass is 16.6. The lowest BCUT2D eigenvalue weighted by molar-refractivity contribution is 0.0500. The van der Waals surface area contributed by atoms with Gasteiger partial charge in [0.05, 0.1) is 5.52 Å². The summed E-state index contributed by atoms with van der Waals surface area (Å²) in [5.74, 6) is 1.49. The molecule has 0 unspecified atom stereocenters. The van der Waals surface area contributed by atoms with Gasteiger partial charge in [-0.2, -0.15) is 0 Å². The number of carbonyl (C=O) groups excluding carboxylic acids is 1. The van der Waals surface area contributed by atoms with E-state index in [9.17, 15) is 4.79 Å². The van der Waals surface area contributed by atoms with Gasteiger partial charge in [0.25, 0.3) is 0 Å². The Morgan fingerprint density at radius 1 is 1.13 bits per heavy atom. The fourth-order valence-corrected chi connectivity index (χ4v) is 3.76. The Morgan fingerprint density at radius 2 is 1.97 bits per heavy atom. The average Bonchev–Trinajstić information content (AvgIpc) is 2.73. The van der Waals surface area contributed by atoms with Crippen LogP contribution in [0.5, 0.6) is 0 Å². The van der Waals surface area contributed by atoms with Gasteiger partial charge in [0, 0.05) is 42.5 Å². The first-order valence-corrected chi connectivity index (χ1v) is 10.7. The Kier molecular flexibility index (Phi) is 5.93. The molecule has 7 heteroatoms. The quantitative estimate of drug-likeness (QED) is 0.628. The smallest absolute Gasteiger partial charge is 0.407 e. The van der Waals surface area contributed by atoms with Gasteiger partial charge in [0.1, 0.15) is 17.2 Å². The second-order valence-corrected chi connectivity index (χ2v) is 8.84. The molecule has 1 aromatic carbocycles. The number of piperidine rings is 1. The van der Waals surface area contributed by atoms with E-state index in [1.165, 1.54) is 0 Å². The lowest BCUT2D eigenvalue weighted by Crippen LogP contribution is -2.49. The van der Waals surface area contributed by atoms with Gasteiger partial charge in [0.15, 0.2) is 0 Å². The number of benzene rings is 1. The van der Waals surface area contributed by atoms with E-state index in [1.54, 1.807) is 6.20 Å². The second kappa shape index (κ2) is 8.79. The molecule has 2 aromatic heterocycles. The third-order valence-electron chi connectivity index (χ3n) is 5.11. The summed E-state index contributed by atoms with van der Waals surface area (Å²) in [5, 5.41) is 7.41. The lowest BCUT2D eigenvalue weighted by Gasteiger charge is -2.35. The number of anilines is 3. The molecule has 1 fully saturated rings. The van der Waals surface area contributed by atoms with Gasteiger partial charge in [-0.25, -0.2) is 14.8 Å². The van der Waals surface area contributed by atoms with E-state index in [2.05, 4.69) is 25.5 Å². The van der Waals surface area contributed by atoms with E-state index in [4.69, 9.17) is 4.74 Å². The van der Waals surface area contributed by atoms with Crippen LogP contribution in [-0.4, -0.2) is 40.8 Å². The van der Waals surface area contributed by atoms with E-state index in [0.29, 0.717) is 0 Å². The van der Waals surface area contributed by atoms with Crippen LogP contribution in [0, 0.1) is 0 Å². The number of rotatable bonds is 4. The van der Waals surface area contributed by atoms with Crippen molar-refractivity contribution in [2.75, 3.05) is 23.3 Å². The summed E-state index contributed by atoms with van der Waals surface area (Å²) in [6.07, 6.45) is 3.37. The molecule has 1 atom stereocenters. The van der Waals surface area contributed by atoms with Crippen LogP contribution < -0.4 is 15.5 Å². The van der Waals surface area contributed by atoms with Gasteiger partial charge in [-0.1, -0.05) is 18.2 Å². The summed E-state index contributed by atoms with van der Waals surface area (Å²) in [6.45, 7) is 7.28. The molecule has 4 rings (SSSR count). The van der Waals surface area contributed by atoms with Crippen molar-refractivity contribution in [1.82, 2.24) is 15.3 Å². The van der Waals surface area contributed by atoms with Gasteiger partial charge in [0.2, 0.25) is 0 Å². The predicted molar refractivity (Wildman–Crippen MR) is 124 cm³/mol. The van der Waals surface area contributed by atoms with Crippen LogP contribution in [0.3, 0.4) is 0 Å². The molecule has 31 heavy (non-hydrogen) atoms. The number of alkyl carbamates (subject to hydrolysis) is 1. The maximum atomic E-state index is 12.1. The van der Waals surface area contributed by atoms with Crippen LogP contribution in [-0.2, 0) is 4.74 Å². The Labute approximate surface area is 182 Å². The highest BCUT2D eigenvalue weighted by Crippen LogP contribution is 2.24. The summed E-state index contributed by atoms with van der Waals surface area (Å²) < 4.78 is 5.40. The van der Waals surface area contributed by atoms with Crippen molar-refractivity contribution in [1.29, 1.82) is 0 Å². The summed E-state index contributed by atoms with van der Waals surface area (Å²) in [4.78, 5) is 23.5. The average molecular weight is 420 g/mol. The minimum absolute atomic E-state index is 0.0512. The molecule has 0 aliphatic carbocycles. The van der Waals surface area contributed by atoms with E-state index in [-0.39, 0.29) is 12.1 Å². The van der Waals surface area contributed by atoms with Crippen LogP contribution in [0.4, 0.5) is 22.1 Å². The number of nitrogens with zero attached hydrogens (tertiary/aromatic N) is 3. The van der Waals surface area contributed by atoms with Crippen molar-refractivity contribution in [2.24, 2.45) is 0 Å². The molecule has 3 aromatic rings. The van der Waals surface area contributed by atoms with E-state index >= 15 is 0 Å². The first-order chi connectivity index (χ1) is 14.9. The number of para-hydroxylation sites is 1. The molecule has 0 saturated carbocycles. The van der Waals surface area contributed by atoms with Gasteiger partial charge in [-0.3, -0.25) is 0 Å². The van der Waals surface area contributed by atoms with Crippen molar-refractivity contribution in [3.05, 3.63) is 54.7 Å². The fourth-order valence-electron chi connectivity index (χ4n) is 3.76. The first kappa shape index (κ1) is 20.9. The number of amides is 1. The molecule has 1 amide bonds. The molecule has 1 aliphatic rings. The Bertz CT molecular complexity index is 1060. The Balaban J connectivity index is 1.42. The van der Waals surface area contributed by atoms with Crippen molar-refractivity contribution in [3.63, 3.8) is 0 Å². The Hall–Kier alpha value is -3.35. The lowest BCUT2D eigenvalue weighted by atomic mass is 10.1. The van der Waals surface area contributed by atoms with Crippen LogP contribution in [0.25, 0.3) is 10.9 Å². The molecule has 0 radical (unpaired) electrons. The molecule has 2 N–H and O–H groups in total. The zero-order valence-electron chi connectivity index (χ0n) is 18.3. The SMILES string of the molecule is CC(C)(C)OC(=O)N[C@H]1CCCN(c2ccnc(Nc3ccc4ccccc4n3)c2)C1. The minimum atomic E-state index is -0.499. The van der Waals surface area contributed by atoms with Crippen molar-refractivity contribution in [3.8, 4) is 0 Å². The van der Waals surface area contributed by atoms with E-state index in [0.717, 1.165) is 54.2 Å². The predicted octanol–water partition coefficient (Wildman–Crippen LogP) is 4.87. The Morgan fingerprint density at radius 3 is 2.81 bits per heavy atom. The number of hydrogen-bond donors (Lipinski definition) is 2. The largest absolute Gasteiger partial charge is 0.444 e. The monoisotopic (exact) mass is 419 g/mol. The molecule has 3 heterocycles. The van der Waals surface area contributed by atoms with Crippen molar-refractivity contribution in [2.45, 2.75) is 45.3 Å². The molecule has 1 saturated heterocycles. The number of ether oxygens (including phenoxy) is 1. The summed E-state index contributed by atoms with van der Waals surface area (Å²) in [6, 6.07) is 16.1. The standard InChI is InChI=1S/C24H29N5O2/c1-24(2,3)31-23(30)26-18-8-6-14-29(16-18)19-12-13-25-22(15-19)28-21-11-10-17-7-4-5-9-20(17)27-21/h4-5,7,9-13,15,18H,6,8,14,16H2,1-3H3,(H,26,30)(H,25,27,28)/t18-/m0/s1. The van der Waals surface area contributed by atoms with Crippen molar-refractivity contribution < 1.29 is 9.53 Å². The van der Waals surface area contributed by atoms with Crippen LogP contribution >= 0.6 is 0 Å². The molecule has 7 nitrogen and oxygen atoms in total. The third-order valence-corrected chi connectivity index (χ3v) is 5.11. The van der Waals surface area contributed by atoms with Crippen LogP contribution in [0.15, 0.2) is 54.7 Å². The zero-order valence-corrected chi connectivity index (χ0v) is 18.3. The summed E-state index contributed by atoms with van der Waals surface area (Å²) in [7, 11) is 0. The van der Waals surface area contributed by atoms with Gasteiger partial charge in [-0.05, 0) is 57.9 Å². The van der Waals surface area contributed by atoms with E-state index in [1.807, 2.05) is 69.3 Å². The highest BCUT2D eigenvalue weighted by Gasteiger charge is 2.24. The molecule has 0 bridgehead atoms. The maximum absolute atomic E-state index is 12.1. The highest BCUT2D eigenvalue weighted by molar-refractivity contribution is 5.80. The van der Waals surface area contributed by atoms with Crippen LogP contribution in [0.1, 0.15) is 33.6 Å². The minimum Gasteiger partial charge on any atom is -0.444 e. The fraction of sp³-hybridized carbons (Fsp3) is 0.375.